The maximum absolute atomic E-state index is 12.3. The molecule has 1 aromatic rings. The number of carbonyl (C=O) groups excluding carboxylic acids is 1. The van der Waals surface area contributed by atoms with E-state index in [1.807, 2.05) is 0 Å². The maximum Gasteiger partial charge on any atom is 0.329 e. The summed E-state index contributed by atoms with van der Waals surface area (Å²) in [4.78, 5) is 40.0. The highest BCUT2D eigenvalue weighted by molar-refractivity contribution is 7.99. The number of carboxylic acids is 1. The van der Waals surface area contributed by atoms with Crippen LogP contribution < -0.4 is 10.9 Å². The lowest BCUT2D eigenvalue weighted by Gasteiger charge is -2.27. The standard InChI is InChI=1S/C13H17N3O4S/c1-3-13(4-2,11(19)20)15-9(17)8-7-14-12-16(10(8)18)5-6-21-12/h7H,3-6H2,1-2H3,(H,15,17)(H,19,20). The third-order valence-corrected chi connectivity index (χ3v) is 4.74. The lowest BCUT2D eigenvalue weighted by atomic mass is 9.92. The topological polar surface area (TPSA) is 101 Å². The molecule has 1 aromatic heterocycles. The minimum atomic E-state index is -1.36. The molecule has 2 heterocycles. The van der Waals surface area contributed by atoms with Crippen LogP contribution >= 0.6 is 11.8 Å². The molecule has 2 rings (SSSR count). The molecule has 1 aliphatic rings. The Morgan fingerprint density at radius 3 is 2.71 bits per heavy atom. The molecule has 0 radical (unpaired) electrons. The number of fused-ring (bicyclic) bond motifs is 1. The van der Waals surface area contributed by atoms with E-state index in [-0.39, 0.29) is 18.4 Å². The van der Waals surface area contributed by atoms with Crippen LogP contribution in [0.15, 0.2) is 16.1 Å². The molecule has 21 heavy (non-hydrogen) atoms. The van der Waals surface area contributed by atoms with E-state index in [9.17, 15) is 19.5 Å². The van der Waals surface area contributed by atoms with Crippen LogP contribution in [0.3, 0.4) is 0 Å². The van der Waals surface area contributed by atoms with Crippen LogP contribution in [-0.2, 0) is 11.3 Å². The van der Waals surface area contributed by atoms with Crippen LogP contribution in [0.1, 0.15) is 37.0 Å². The number of nitrogens with zero attached hydrogens (tertiary/aromatic N) is 2. The number of carbonyl (C=O) groups is 2. The Labute approximate surface area is 125 Å². The minimum absolute atomic E-state index is 0.117. The Kier molecular flexibility index (Phi) is 4.36. The molecule has 114 valence electrons. The van der Waals surface area contributed by atoms with Crippen molar-refractivity contribution in [3.8, 4) is 0 Å². The fraction of sp³-hybridized carbons (Fsp3) is 0.538. The summed E-state index contributed by atoms with van der Waals surface area (Å²) in [7, 11) is 0. The second kappa shape index (κ2) is 5.88. The van der Waals surface area contributed by atoms with Gasteiger partial charge in [-0.1, -0.05) is 25.6 Å². The number of carboxylic acid groups (broad SMARTS) is 1. The van der Waals surface area contributed by atoms with E-state index >= 15 is 0 Å². The summed E-state index contributed by atoms with van der Waals surface area (Å²) in [6, 6.07) is 0. The minimum Gasteiger partial charge on any atom is -0.480 e. The van der Waals surface area contributed by atoms with E-state index in [4.69, 9.17) is 0 Å². The summed E-state index contributed by atoms with van der Waals surface area (Å²) >= 11 is 1.46. The fourth-order valence-corrected chi connectivity index (χ4v) is 3.15. The lowest BCUT2D eigenvalue weighted by molar-refractivity contribution is -0.144. The van der Waals surface area contributed by atoms with Crippen LogP contribution in [0.5, 0.6) is 0 Å². The number of aromatic nitrogens is 2. The molecule has 7 nitrogen and oxygen atoms in total. The second-order valence-corrected chi connectivity index (χ2v) is 5.87. The fourth-order valence-electron chi connectivity index (χ4n) is 2.24. The molecule has 0 unspecified atom stereocenters. The van der Waals surface area contributed by atoms with E-state index in [1.54, 1.807) is 13.8 Å². The van der Waals surface area contributed by atoms with E-state index in [1.165, 1.54) is 22.5 Å². The molecular weight excluding hydrogens is 294 g/mol. The molecular formula is C13H17N3O4S. The number of nitrogens with one attached hydrogen (secondary N) is 1. The van der Waals surface area contributed by atoms with E-state index in [0.717, 1.165) is 5.75 Å². The van der Waals surface area contributed by atoms with E-state index in [0.29, 0.717) is 11.7 Å². The molecule has 0 saturated heterocycles. The SMILES string of the molecule is CCC(CC)(NC(=O)c1cnc2n(c1=O)CCS2)C(=O)O. The van der Waals surface area contributed by atoms with Gasteiger partial charge in [-0.05, 0) is 12.8 Å². The number of thioether (sulfide) groups is 1. The van der Waals surface area contributed by atoms with Gasteiger partial charge in [-0.25, -0.2) is 9.78 Å². The average Bonchev–Trinajstić information content (AvgIpc) is 2.94. The zero-order valence-electron chi connectivity index (χ0n) is 11.9. The summed E-state index contributed by atoms with van der Waals surface area (Å²) in [6.07, 6.45) is 1.69. The van der Waals surface area contributed by atoms with Crippen molar-refractivity contribution in [2.75, 3.05) is 5.75 Å². The third-order valence-electron chi connectivity index (χ3n) is 3.77. The van der Waals surface area contributed by atoms with Crippen molar-refractivity contribution in [1.29, 1.82) is 0 Å². The van der Waals surface area contributed by atoms with Gasteiger partial charge in [0.15, 0.2) is 5.16 Å². The van der Waals surface area contributed by atoms with Crippen LogP contribution in [0.2, 0.25) is 0 Å². The van der Waals surface area contributed by atoms with Crippen molar-refractivity contribution in [2.24, 2.45) is 0 Å². The summed E-state index contributed by atoms with van der Waals surface area (Å²) < 4.78 is 1.44. The van der Waals surface area contributed by atoms with Crippen LogP contribution in [0.4, 0.5) is 0 Å². The molecule has 1 aliphatic heterocycles. The molecule has 0 aliphatic carbocycles. The quantitative estimate of drug-likeness (QED) is 0.777. The predicted molar refractivity (Wildman–Crippen MR) is 77.6 cm³/mol. The maximum atomic E-state index is 12.3. The Morgan fingerprint density at radius 1 is 1.48 bits per heavy atom. The summed E-state index contributed by atoms with van der Waals surface area (Å²) in [6.45, 7) is 3.88. The Morgan fingerprint density at radius 2 is 2.14 bits per heavy atom. The third kappa shape index (κ3) is 2.67. The van der Waals surface area contributed by atoms with Gasteiger partial charge in [0.2, 0.25) is 0 Å². The molecule has 0 spiro atoms. The van der Waals surface area contributed by atoms with Gasteiger partial charge in [-0.3, -0.25) is 14.2 Å². The van der Waals surface area contributed by atoms with Gasteiger partial charge in [0, 0.05) is 18.5 Å². The van der Waals surface area contributed by atoms with Crippen molar-refractivity contribution >= 4 is 23.6 Å². The van der Waals surface area contributed by atoms with Gasteiger partial charge in [0.05, 0.1) is 0 Å². The zero-order valence-corrected chi connectivity index (χ0v) is 12.7. The van der Waals surface area contributed by atoms with Crippen LogP contribution in [-0.4, -0.2) is 37.8 Å². The number of hydrogen-bond donors (Lipinski definition) is 2. The lowest BCUT2D eigenvalue weighted by Crippen LogP contribution is -2.54. The molecule has 1 amide bonds. The number of hydrogen-bond acceptors (Lipinski definition) is 5. The Bertz CT molecular complexity index is 637. The number of rotatable bonds is 5. The monoisotopic (exact) mass is 311 g/mol. The first-order valence-electron chi connectivity index (χ1n) is 6.73. The first kappa shape index (κ1) is 15.6. The van der Waals surface area contributed by atoms with Gasteiger partial charge < -0.3 is 10.4 Å². The van der Waals surface area contributed by atoms with Crippen LogP contribution in [0.25, 0.3) is 0 Å². The largest absolute Gasteiger partial charge is 0.480 e. The second-order valence-electron chi connectivity index (χ2n) is 4.81. The van der Waals surface area contributed by atoms with Gasteiger partial charge in [-0.15, -0.1) is 0 Å². The first-order valence-corrected chi connectivity index (χ1v) is 7.72. The zero-order chi connectivity index (χ0) is 15.6. The van der Waals surface area contributed by atoms with Crippen LogP contribution in [0, 0.1) is 0 Å². The number of aliphatic carboxylic acids is 1. The average molecular weight is 311 g/mol. The highest BCUT2D eigenvalue weighted by atomic mass is 32.2. The van der Waals surface area contributed by atoms with Crippen molar-refractivity contribution in [2.45, 2.75) is 43.9 Å². The van der Waals surface area contributed by atoms with Crippen molar-refractivity contribution in [3.63, 3.8) is 0 Å². The Hall–Kier alpha value is -1.83. The van der Waals surface area contributed by atoms with Crippen molar-refractivity contribution < 1.29 is 14.7 Å². The van der Waals surface area contributed by atoms with Gasteiger partial charge in [0.25, 0.3) is 11.5 Å². The molecule has 2 N–H and O–H groups in total. The molecule has 0 fully saturated rings. The van der Waals surface area contributed by atoms with E-state index in [2.05, 4.69) is 10.3 Å². The molecule has 0 saturated carbocycles. The van der Waals surface area contributed by atoms with Crippen molar-refractivity contribution in [3.05, 3.63) is 22.1 Å². The molecule has 0 bridgehead atoms. The molecule has 0 aromatic carbocycles. The Balaban J connectivity index is 2.33. The van der Waals surface area contributed by atoms with Gasteiger partial charge in [0.1, 0.15) is 11.1 Å². The van der Waals surface area contributed by atoms with Gasteiger partial charge >= 0.3 is 5.97 Å². The molecule has 0 atom stereocenters. The highest BCUT2D eigenvalue weighted by Gasteiger charge is 2.37. The smallest absolute Gasteiger partial charge is 0.329 e. The van der Waals surface area contributed by atoms with E-state index < -0.39 is 23.0 Å². The first-order chi connectivity index (χ1) is 9.95. The number of amides is 1. The normalized spacial score (nSPS) is 13.8. The summed E-state index contributed by atoms with van der Waals surface area (Å²) in [5, 5.41) is 12.4. The van der Waals surface area contributed by atoms with Gasteiger partial charge in [-0.2, -0.15) is 0 Å². The molecule has 8 heteroatoms. The predicted octanol–water partition coefficient (Wildman–Crippen LogP) is 0.722. The summed E-state index contributed by atoms with van der Waals surface area (Å²) in [5.74, 6) is -1.05. The summed E-state index contributed by atoms with van der Waals surface area (Å²) in [5.41, 5.74) is -1.90. The van der Waals surface area contributed by atoms with Crippen molar-refractivity contribution in [1.82, 2.24) is 14.9 Å². The highest BCUT2D eigenvalue weighted by Crippen LogP contribution is 2.21.